The molecule has 1 aromatic carbocycles. The molecule has 1 aliphatic heterocycles. The molecular formula is C19H16F2N6O2. The number of hydrogen-bond donors (Lipinski definition) is 2. The van der Waals surface area contributed by atoms with Crippen LogP contribution in [-0.2, 0) is 4.79 Å². The molecule has 0 radical (unpaired) electrons. The van der Waals surface area contributed by atoms with E-state index < -0.39 is 24.3 Å². The van der Waals surface area contributed by atoms with Crippen molar-refractivity contribution in [1.29, 1.82) is 0 Å². The van der Waals surface area contributed by atoms with Gasteiger partial charge in [0, 0.05) is 24.0 Å². The van der Waals surface area contributed by atoms with Gasteiger partial charge in [-0.15, -0.1) is 0 Å². The summed E-state index contributed by atoms with van der Waals surface area (Å²) in [4.78, 5) is 34.0. The number of nitrogens with one attached hydrogen (secondary N) is 1. The van der Waals surface area contributed by atoms with E-state index in [4.69, 9.17) is 5.73 Å². The van der Waals surface area contributed by atoms with Crippen LogP contribution >= 0.6 is 0 Å². The summed E-state index contributed by atoms with van der Waals surface area (Å²) in [6, 6.07) is 6.32. The van der Waals surface area contributed by atoms with E-state index in [1.165, 1.54) is 30.3 Å². The Morgan fingerprint density at radius 2 is 1.97 bits per heavy atom. The zero-order valence-electron chi connectivity index (χ0n) is 15.3. The molecule has 1 aliphatic carbocycles. The summed E-state index contributed by atoms with van der Waals surface area (Å²) < 4.78 is 28.8. The summed E-state index contributed by atoms with van der Waals surface area (Å²) in [7, 11) is 1.27. The number of carbonyl (C=O) groups is 2. The molecule has 2 amide bonds. The first-order valence-electron chi connectivity index (χ1n) is 8.62. The molecule has 10 heteroatoms. The highest BCUT2D eigenvalue weighted by atomic mass is 19.3. The minimum Gasteiger partial charge on any atom is -0.366 e. The lowest BCUT2D eigenvalue weighted by Crippen LogP contribution is -2.46. The zero-order valence-corrected chi connectivity index (χ0v) is 15.3. The van der Waals surface area contributed by atoms with Crippen LogP contribution in [0.15, 0.2) is 54.4 Å². The van der Waals surface area contributed by atoms with Crippen molar-refractivity contribution < 1.29 is 18.4 Å². The molecule has 0 atom stereocenters. The Hall–Kier alpha value is -3.82. The SMILES string of the molecule is CN1C(=O)C(F)(F)CN(C2=CC=C2)c2nc(Nc3ccc(C(N)=O)cc3)ncc21. The van der Waals surface area contributed by atoms with Gasteiger partial charge in [-0.2, -0.15) is 13.8 Å². The summed E-state index contributed by atoms with van der Waals surface area (Å²) in [5, 5.41) is 2.95. The summed E-state index contributed by atoms with van der Waals surface area (Å²) in [6.07, 6.45) is 6.35. The molecule has 0 fully saturated rings. The molecule has 8 nitrogen and oxygen atoms in total. The van der Waals surface area contributed by atoms with E-state index in [2.05, 4.69) is 15.3 Å². The second kappa shape index (κ2) is 6.66. The normalized spacial score (nSPS) is 17.2. The van der Waals surface area contributed by atoms with Crippen molar-refractivity contribution in [2.45, 2.75) is 5.92 Å². The molecule has 0 bridgehead atoms. The van der Waals surface area contributed by atoms with Gasteiger partial charge in [-0.05, 0) is 36.4 Å². The first-order valence-corrected chi connectivity index (χ1v) is 8.62. The maximum absolute atomic E-state index is 14.4. The maximum Gasteiger partial charge on any atom is 0.342 e. The van der Waals surface area contributed by atoms with Gasteiger partial charge in [-0.3, -0.25) is 9.59 Å². The van der Waals surface area contributed by atoms with Crippen LogP contribution in [0.4, 0.5) is 31.9 Å². The Labute approximate surface area is 164 Å². The van der Waals surface area contributed by atoms with Crippen LogP contribution < -0.4 is 20.9 Å². The molecular weight excluding hydrogens is 382 g/mol. The average molecular weight is 398 g/mol. The number of fused-ring (bicyclic) bond motifs is 1. The van der Waals surface area contributed by atoms with Crippen LogP contribution in [0.3, 0.4) is 0 Å². The number of anilines is 4. The van der Waals surface area contributed by atoms with E-state index in [0.29, 0.717) is 16.9 Å². The predicted octanol–water partition coefficient (Wildman–Crippen LogP) is 2.19. The van der Waals surface area contributed by atoms with E-state index in [9.17, 15) is 18.4 Å². The van der Waals surface area contributed by atoms with Crippen LogP contribution in [-0.4, -0.2) is 41.3 Å². The van der Waals surface area contributed by atoms with Gasteiger partial charge >= 0.3 is 5.92 Å². The summed E-state index contributed by atoms with van der Waals surface area (Å²) >= 11 is 0. The number of nitrogens with zero attached hydrogens (tertiary/aromatic N) is 4. The Bertz CT molecular complexity index is 1060. The van der Waals surface area contributed by atoms with Gasteiger partial charge in [0.2, 0.25) is 11.9 Å². The largest absolute Gasteiger partial charge is 0.366 e. The molecule has 1 aromatic heterocycles. The standard InChI is InChI=1S/C19H16F2N6O2/c1-26-14-9-23-18(24-12-7-5-11(6-8-12)15(22)28)25-16(14)27(13-3-2-4-13)10-19(20,21)17(26)29/h2-9H,10H2,1H3,(H2,22,28)(H,23,24,25). The number of benzene rings is 1. The fourth-order valence-electron chi connectivity index (χ4n) is 2.98. The minimum atomic E-state index is -3.59. The number of halogens is 2. The lowest BCUT2D eigenvalue weighted by molar-refractivity contribution is -0.140. The molecule has 0 saturated carbocycles. The molecule has 29 heavy (non-hydrogen) atoms. The summed E-state index contributed by atoms with van der Waals surface area (Å²) in [5.74, 6) is -5.13. The van der Waals surface area contributed by atoms with Crippen LogP contribution in [0, 0.1) is 0 Å². The highest BCUT2D eigenvalue weighted by Crippen LogP contribution is 2.38. The lowest BCUT2D eigenvalue weighted by Gasteiger charge is -2.28. The lowest BCUT2D eigenvalue weighted by atomic mass is 10.1. The van der Waals surface area contributed by atoms with E-state index in [-0.39, 0.29) is 17.5 Å². The van der Waals surface area contributed by atoms with Crippen molar-refractivity contribution in [2.24, 2.45) is 5.73 Å². The Balaban J connectivity index is 1.71. The van der Waals surface area contributed by atoms with Crippen LogP contribution in [0.2, 0.25) is 0 Å². The first-order chi connectivity index (χ1) is 13.8. The van der Waals surface area contributed by atoms with Crippen molar-refractivity contribution in [3.63, 3.8) is 0 Å². The Morgan fingerprint density at radius 1 is 1.28 bits per heavy atom. The van der Waals surface area contributed by atoms with Crippen molar-refractivity contribution in [3.05, 3.63) is 60.0 Å². The topological polar surface area (TPSA) is 104 Å². The fourth-order valence-corrected chi connectivity index (χ4v) is 2.98. The Morgan fingerprint density at radius 3 is 2.55 bits per heavy atom. The molecule has 0 unspecified atom stereocenters. The highest BCUT2D eigenvalue weighted by molar-refractivity contribution is 6.02. The summed E-state index contributed by atoms with van der Waals surface area (Å²) in [5.41, 5.74) is 6.83. The molecule has 0 saturated heterocycles. The fraction of sp³-hybridized carbons (Fsp3) is 0.158. The number of aromatic nitrogens is 2. The first kappa shape index (κ1) is 18.5. The highest BCUT2D eigenvalue weighted by Gasteiger charge is 2.48. The van der Waals surface area contributed by atoms with E-state index in [1.54, 1.807) is 30.4 Å². The molecule has 2 aliphatic rings. The van der Waals surface area contributed by atoms with Crippen LogP contribution in [0.5, 0.6) is 0 Å². The third kappa shape index (κ3) is 3.28. The van der Waals surface area contributed by atoms with Crippen molar-refractivity contribution in [1.82, 2.24) is 9.97 Å². The molecule has 148 valence electrons. The van der Waals surface area contributed by atoms with Crippen LogP contribution in [0.1, 0.15) is 10.4 Å². The van der Waals surface area contributed by atoms with Crippen molar-refractivity contribution in [2.75, 3.05) is 28.7 Å². The van der Waals surface area contributed by atoms with Crippen molar-refractivity contribution >= 4 is 35.0 Å². The van der Waals surface area contributed by atoms with Gasteiger partial charge in [0.15, 0.2) is 5.82 Å². The third-order valence-corrected chi connectivity index (χ3v) is 4.61. The van der Waals surface area contributed by atoms with E-state index >= 15 is 0 Å². The van der Waals surface area contributed by atoms with Gasteiger partial charge < -0.3 is 20.9 Å². The second-order valence-corrected chi connectivity index (χ2v) is 6.57. The number of carbonyl (C=O) groups excluding carboxylic acids is 2. The minimum absolute atomic E-state index is 0.149. The van der Waals surface area contributed by atoms with E-state index in [0.717, 1.165) is 4.90 Å². The van der Waals surface area contributed by atoms with Gasteiger partial charge in [0.05, 0.1) is 12.7 Å². The van der Waals surface area contributed by atoms with Crippen molar-refractivity contribution in [3.8, 4) is 0 Å². The zero-order chi connectivity index (χ0) is 20.8. The number of rotatable bonds is 4. The predicted molar refractivity (Wildman–Crippen MR) is 103 cm³/mol. The van der Waals surface area contributed by atoms with Crippen LogP contribution in [0.25, 0.3) is 0 Å². The smallest absolute Gasteiger partial charge is 0.342 e. The van der Waals surface area contributed by atoms with Gasteiger partial charge in [-0.25, -0.2) is 4.98 Å². The average Bonchev–Trinajstić information content (AvgIpc) is 2.71. The third-order valence-electron chi connectivity index (χ3n) is 4.61. The number of primary amides is 1. The van der Waals surface area contributed by atoms with Gasteiger partial charge in [0.25, 0.3) is 5.91 Å². The monoisotopic (exact) mass is 398 g/mol. The number of hydrogen-bond acceptors (Lipinski definition) is 6. The number of amides is 2. The molecule has 3 N–H and O–H groups in total. The maximum atomic E-state index is 14.4. The molecule has 2 heterocycles. The second-order valence-electron chi connectivity index (χ2n) is 6.57. The number of allylic oxidation sites excluding steroid dienone is 3. The van der Waals surface area contributed by atoms with Gasteiger partial charge in [-0.1, -0.05) is 6.08 Å². The van der Waals surface area contributed by atoms with Gasteiger partial charge in [0.1, 0.15) is 5.69 Å². The molecule has 0 spiro atoms. The van der Waals surface area contributed by atoms with E-state index in [1.807, 2.05) is 0 Å². The summed E-state index contributed by atoms with van der Waals surface area (Å²) in [6.45, 7) is -0.830. The number of alkyl halides is 2. The molecule has 4 rings (SSSR count). The molecule has 2 aromatic rings. The quantitative estimate of drug-likeness (QED) is 0.818. The number of nitrogens with two attached hydrogens (primary N) is 1. The Kier molecular flexibility index (Phi) is 4.26.